The fourth-order valence-corrected chi connectivity index (χ4v) is 4.86. The van der Waals surface area contributed by atoms with Crippen molar-refractivity contribution >= 4 is 35.8 Å². The van der Waals surface area contributed by atoms with Crippen LogP contribution in [0.15, 0.2) is 24.8 Å². The number of aliphatic hydroxyl groups is 3. The summed E-state index contributed by atoms with van der Waals surface area (Å²) >= 11 is 0. The van der Waals surface area contributed by atoms with E-state index < -0.39 is 79.7 Å². The molecular weight excluding hydrogens is 668 g/mol. The lowest BCUT2D eigenvalue weighted by Crippen LogP contribution is -2.50. The fraction of sp³-hybridized carbons (Fsp3) is 0.586. The maximum atomic E-state index is 12.6. The molecule has 21 nitrogen and oxygen atoms in total. The molecule has 0 bridgehead atoms. The number of aliphatic carboxylic acids is 4. The standard InChI is InChI=1S/C29H44N8O13/c38-17-18(4-7-24(40)41)32-29(50)34-20(28(48)49)5-6-23(39)33-19(27(46)47)3-1-2-10-35(13-21-30-8-11-36(21)15-25(42)43)14-22-31-9-12-37(22)16-26(44)45/h8-9,11-12,18-20,25,38,42-43H,1-7,10,13-17H2,(H,33,39)(H,40,41)(H,44,45)(H,46,47)(H,48,49)(H2,32,34,50)/t18-,19?,20-/m0/s1. The maximum Gasteiger partial charge on any atom is 0.326 e. The average Bonchev–Trinajstić information content (AvgIpc) is 3.65. The number of carboxylic acid groups (broad SMARTS) is 4. The van der Waals surface area contributed by atoms with Gasteiger partial charge in [0, 0.05) is 37.6 Å². The second-order valence-electron chi connectivity index (χ2n) is 11.4. The SMILES string of the molecule is O=C(O)CC[C@@H](CO)NC(=O)N[C@@H](CCC(=O)NC(CCCCN(Cc1nccn1CC(=O)O)Cc1nccn1CC(O)O)C(=O)O)C(=O)O. The lowest BCUT2D eigenvalue weighted by molar-refractivity contribution is -0.142. The van der Waals surface area contributed by atoms with E-state index in [2.05, 4.69) is 25.9 Å². The van der Waals surface area contributed by atoms with Crippen LogP contribution in [-0.4, -0.2) is 133 Å². The molecule has 0 saturated heterocycles. The van der Waals surface area contributed by atoms with Crippen LogP contribution >= 0.6 is 0 Å². The third kappa shape index (κ3) is 15.4. The Morgan fingerprint density at radius 1 is 0.740 bits per heavy atom. The van der Waals surface area contributed by atoms with Gasteiger partial charge >= 0.3 is 29.9 Å². The summed E-state index contributed by atoms with van der Waals surface area (Å²) in [6.45, 7) is -0.285. The molecule has 50 heavy (non-hydrogen) atoms. The Morgan fingerprint density at radius 3 is 1.90 bits per heavy atom. The minimum atomic E-state index is -1.62. The Bertz CT molecular complexity index is 1430. The Morgan fingerprint density at radius 2 is 1.34 bits per heavy atom. The number of aromatic nitrogens is 4. The number of nitrogens with one attached hydrogen (secondary N) is 3. The predicted molar refractivity (Wildman–Crippen MR) is 168 cm³/mol. The van der Waals surface area contributed by atoms with E-state index >= 15 is 0 Å². The van der Waals surface area contributed by atoms with E-state index in [4.69, 9.17) is 5.11 Å². The van der Waals surface area contributed by atoms with Gasteiger partial charge in [0.25, 0.3) is 0 Å². The van der Waals surface area contributed by atoms with Crippen LogP contribution in [-0.2, 0) is 50.2 Å². The minimum absolute atomic E-state index is 0.00971. The molecule has 2 aromatic rings. The number of carboxylic acids is 4. The normalized spacial score (nSPS) is 13.1. The molecule has 3 atom stereocenters. The molecule has 10 N–H and O–H groups in total. The summed E-state index contributed by atoms with van der Waals surface area (Å²) < 4.78 is 3.00. The highest BCUT2D eigenvalue weighted by Crippen LogP contribution is 2.13. The maximum absolute atomic E-state index is 12.6. The largest absolute Gasteiger partial charge is 0.481 e. The smallest absolute Gasteiger partial charge is 0.326 e. The molecule has 21 heteroatoms. The number of unbranched alkanes of at least 4 members (excludes halogenated alkanes) is 1. The summed E-state index contributed by atoms with van der Waals surface area (Å²) in [5, 5.41) is 72.0. The molecule has 0 radical (unpaired) electrons. The Hall–Kier alpha value is -5.12. The average molecular weight is 713 g/mol. The summed E-state index contributed by atoms with van der Waals surface area (Å²) in [6.07, 6.45) is 3.87. The highest BCUT2D eigenvalue weighted by Gasteiger charge is 2.25. The van der Waals surface area contributed by atoms with Gasteiger partial charge in [-0.1, -0.05) is 0 Å². The number of urea groups is 1. The Labute approximate surface area is 285 Å². The van der Waals surface area contributed by atoms with Gasteiger partial charge in [-0.15, -0.1) is 0 Å². The van der Waals surface area contributed by atoms with Crippen molar-refractivity contribution in [2.75, 3.05) is 13.2 Å². The number of hydrogen-bond donors (Lipinski definition) is 10. The van der Waals surface area contributed by atoms with Crippen molar-refractivity contribution in [2.24, 2.45) is 0 Å². The second kappa shape index (κ2) is 21.1. The van der Waals surface area contributed by atoms with Crippen LogP contribution < -0.4 is 16.0 Å². The van der Waals surface area contributed by atoms with E-state index in [1.54, 1.807) is 10.8 Å². The zero-order valence-corrected chi connectivity index (χ0v) is 27.1. The van der Waals surface area contributed by atoms with Crippen LogP contribution in [0.5, 0.6) is 0 Å². The number of aliphatic hydroxyl groups excluding tert-OH is 2. The van der Waals surface area contributed by atoms with E-state index in [9.17, 15) is 59.4 Å². The summed E-state index contributed by atoms with van der Waals surface area (Å²) in [4.78, 5) is 80.7. The van der Waals surface area contributed by atoms with Gasteiger partial charge < -0.3 is 60.8 Å². The second-order valence-corrected chi connectivity index (χ2v) is 11.4. The molecule has 0 saturated carbocycles. The highest BCUT2D eigenvalue weighted by molar-refractivity contribution is 5.85. The van der Waals surface area contributed by atoms with Crippen LogP contribution in [0.2, 0.25) is 0 Å². The van der Waals surface area contributed by atoms with E-state index in [1.807, 2.05) is 4.90 Å². The highest BCUT2D eigenvalue weighted by atomic mass is 16.5. The molecule has 2 rings (SSSR count). The van der Waals surface area contributed by atoms with Gasteiger partial charge in [0.2, 0.25) is 5.91 Å². The van der Waals surface area contributed by atoms with Gasteiger partial charge in [-0.2, -0.15) is 0 Å². The minimum Gasteiger partial charge on any atom is -0.481 e. The van der Waals surface area contributed by atoms with Gasteiger partial charge in [-0.25, -0.2) is 24.4 Å². The Balaban J connectivity index is 1.95. The summed E-state index contributed by atoms with van der Waals surface area (Å²) in [5.74, 6) is -4.85. The fourth-order valence-electron chi connectivity index (χ4n) is 4.86. The van der Waals surface area contributed by atoms with E-state index in [1.165, 1.54) is 23.2 Å². The zero-order chi connectivity index (χ0) is 37.2. The first-order valence-corrected chi connectivity index (χ1v) is 15.6. The van der Waals surface area contributed by atoms with E-state index in [0.717, 1.165) is 0 Å². The van der Waals surface area contributed by atoms with Gasteiger partial charge in [0.1, 0.15) is 30.3 Å². The van der Waals surface area contributed by atoms with Gasteiger partial charge in [0.15, 0.2) is 6.29 Å². The van der Waals surface area contributed by atoms with Crippen molar-refractivity contribution < 1.29 is 64.5 Å². The number of amides is 3. The Kier molecular flexibility index (Phi) is 17.3. The molecule has 3 amide bonds. The molecule has 0 aliphatic rings. The van der Waals surface area contributed by atoms with Gasteiger partial charge in [0.05, 0.1) is 32.3 Å². The van der Waals surface area contributed by atoms with Crippen molar-refractivity contribution in [3.05, 3.63) is 36.4 Å². The summed E-state index contributed by atoms with van der Waals surface area (Å²) in [5.41, 5.74) is 0. The van der Waals surface area contributed by atoms with E-state index in [-0.39, 0.29) is 45.4 Å². The third-order valence-electron chi connectivity index (χ3n) is 7.38. The number of hydrogen-bond acceptors (Lipinski definition) is 12. The first-order valence-electron chi connectivity index (χ1n) is 15.6. The molecule has 278 valence electrons. The number of imidazole rings is 2. The van der Waals surface area contributed by atoms with Crippen molar-refractivity contribution in [3.63, 3.8) is 0 Å². The number of carbonyl (C=O) groups excluding carboxylic acids is 2. The first kappa shape index (κ1) is 41.1. The lowest BCUT2D eigenvalue weighted by atomic mass is 10.1. The molecule has 0 spiro atoms. The summed E-state index contributed by atoms with van der Waals surface area (Å²) in [6, 6.07) is -4.80. The van der Waals surface area contributed by atoms with Crippen LogP contribution in [0.1, 0.15) is 56.6 Å². The van der Waals surface area contributed by atoms with Crippen molar-refractivity contribution in [1.29, 1.82) is 0 Å². The summed E-state index contributed by atoms with van der Waals surface area (Å²) in [7, 11) is 0. The predicted octanol–water partition coefficient (Wildman–Crippen LogP) is -2.02. The monoisotopic (exact) mass is 712 g/mol. The number of rotatable bonds is 25. The molecule has 2 heterocycles. The van der Waals surface area contributed by atoms with Gasteiger partial charge in [-0.05, 0) is 38.6 Å². The molecular formula is C29H44N8O13. The third-order valence-corrected chi connectivity index (χ3v) is 7.38. The molecule has 0 aliphatic carbocycles. The molecule has 2 aromatic heterocycles. The molecule has 0 fully saturated rings. The van der Waals surface area contributed by atoms with Crippen LogP contribution in [0.25, 0.3) is 0 Å². The number of carbonyl (C=O) groups is 6. The lowest BCUT2D eigenvalue weighted by Gasteiger charge is -2.23. The van der Waals surface area contributed by atoms with E-state index in [0.29, 0.717) is 31.0 Å². The quantitative estimate of drug-likeness (QED) is 0.0392. The molecule has 0 aliphatic heterocycles. The van der Waals surface area contributed by atoms with Crippen molar-refractivity contribution in [3.8, 4) is 0 Å². The van der Waals surface area contributed by atoms with Crippen LogP contribution in [0.4, 0.5) is 4.79 Å². The van der Waals surface area contributed by atoms with Gasteiger partial charge in [-0.3, -0.25) is 19.3 Å². The van der Waals surface area contributed by atoms with Crippen LogP contribution in [0.3, 0.4) is 0 Å². The zero-order valence-electron chi connectivity index (χ0n) is 27.1. The first-order chi connectivity index (χ1) is 23.7. The van der Waals surface area contributed by atoms with Crippen molar-refractivity contribution in [1.82, 2.24) is 40.0 Å². The molecule has 1 unspecified atom stereocenters. The van der Waals surface area contributed by atoms with Crippen LogP contribution in [0, 0.1) is 0 Å². The van der Waals surface area contributed by atoms with Crippen molar-refractivity contribution in [2.45, 2.75) is 95.5 Å². The number of nitrogens with zero attached hydrogens (tertiary/aromatic N) is 5. The topological polar surface area (TPSA) is 319 Å². The molecule has 0 aromatic carbocycles.